The first-order chi connectivity index (χ1) is 15.5. The van der Waals surface area contributed by atoms with E-state index in [9.17, 15) is 4.79 Å². The Hall–Kier alpha value is -3.61. The van der Waals surface area contributed by atoms with E-state index < -0.39 is 0 Å². The van der Waals surface area contributed by atoms with Crippen molar-refractivity contribution in [2.45, 2.75) is 20.8 Å². The number of carbonyl (C=O) groups excluding carboxylic acids is 1. The van der Waals surface area contributed by atoms with Crippen LogP contribution in [0.5, 0.6) is 5.88 Å². The molecule has 0 bridgehead atoms. The molecular weight excluding hydrogens is 402 g/mol. The van der Waals surface area contributed by atoms with Gasteiger partial charge in [0.25, 0.3) is 5.91 Å². The molecule has 2 heterocycles. The summed E-state index contributed by atoms with van der Waals surface area (Å²) < 4.78 is 5.71. The molecule has 0 atom stereocenters. The number of rotatable bonds is 6. The van der Waals surface area contributed by atoms with Gasteiger partial charge in [0.1, 0.15) is 0 Å². The molecule has 7 heteroatoms. The van der Waals surface area contributed by atoms with Crippen molar-refractivity contribution < 1.29 is 9.53 Å². The highest BCUT2D eigenvalue weighted by Gasteiger charge is 2.20. The summed E-state index contributed by atoms with van der Waals surface area (Å²) in [6.07, 6.45) is 0. The number of amides is 1. The van der Waals surface area contributed by atoms with Gasteiger partial charge in [0, 0.05) is 49.3 Å². The Morgan fingerprint density at radius 1 is 0.938 bits per heavy atom. The number of anilines is 3. The first-order valence-corrected chi connectivity index (χ1v) is 10.9. The molecule has 0 aliphatic carbocycles. The number of aromatic nitrogens is 2. The van der Waals surface area contributed by atoms with E-state index in [1.165, 1.54) is 5.69 Å². The SMILES string of the molecule is Cc1cc(OCC(=O)Nc2cccc(C)c2C)nc(N2CCN(c3ccccc3)CC2)n1. The van der Waals surface area contributed by atoms with Gasteiger partial charge in [-0.05, 0) is 50.1 Å². The zero-order valence-corrected chi connectivity index (χ0v) is 18.8. The molecule has 1 N–H and O–H groups in total. The van der Waals surface area contributed by atoms with Gasteiger partial charge in [-0.15, -0.1) is 0 Å². The van der Waals surface area contributed by atoms with E-state index in [1.807, 2.05) is 45.0 Å². The van der Waals surface area contributed by atoms with Crippen molar-refractivity contribution in [3.05, 3.63) is 71.4 Å². The molecule has 1 aliphatic heterocycles. The number of hydrogen-bond acceptors (Lipinski definition) is 6. The highest BCUT2D eigenvalue weighted by molar-refractivity contribution is 5.92. The molecule has 1 fully saturated rings. The van der Waals surface area contributed by atoms with Crippen LogP contribution in [0.25, 0.3) is 0 Å². The van der Waals surface area contributed by atoms with Crippen molar-refractivity contribution in [2.24, 2.45) is 0 Å². The molecule has 1 aliphatic rings. The number of para-hydroxylation sites is 1. The summed E-state index contributed by atoms with van der Waals surface area (Å²) in [5.41, 5.74) is 5.03. The molecule has 4 rings (SSSR count). The van der Waals surface area contributed by atoms with Gasteiger partial charge in [0.15, 0.2) is 6.61 Å². The van der Waals surface area contributed by atoms with Gasteiger partial charge in [-0.3, -0.25) is 4.79 Å². The Balaban J connectivity index is 1.36. The average molecular weight is 432 g/mol. The molecule has 166 valence electrons. The minimum atomic E-state index is -0.215. The van der Waals surface area contributed by atoms with Crippen LogP contribution in [0.3, 0.4) is 0 Å². The highest BCUT2D eigenvalue weighted by atomic mass is 16.5. The summed E-state index contributed by atoms with van der Waals surface area (Å²) in [6.45, 7) is 9.26. The summed E-state index contributed by atoms with van der Waals surface area (Å²) in [5.74, 6) is 0.838. The summed E-state index contributed by atoms with van der Waals surface area (Å²) in [5, 5.41) is 2.91. The monoisotopic (exact) mass is 431 g/mol. The van der Waals surface area contributed by atoms with E-state index in [4.69, 9.17) is 4.74 Å². The number of piperazine rings is 1. The molecule has 0 unspecified atom stereocenters. The number of carbonyl (C=O) groups is 1. The van der Waals surface area contributed by atoms with Crippen molar-refractivity contribution in [2.75, 3.05) is 47.9 Å². The quantitative estimate of drug-likeness (QED) is 0.641. The lowest BCUT2D eigenvalue weighted by Crippen LogP contribution is -2.47. The van der Waals surface area contributed by atoms with Crippen LogP contribution in [0, 0.1) is 20.8 Å². The number of ether oxygens (including phenoxy) is 1. The Morgan fingerprint density at radius 3 is 2.41 bits per heavy atom. The fourth-order valence-electron chi connectivity index (χ4n) is 3.76. The maximum Gasteiger partial charge on any atom is 0.262 e. The first-order valence-electron chi connectivity index (χ1n) is 10.9. The van der Waals surface area contributed by atoms with Crippen molar-refractivity contribution in [1.82, 2.24) is 9.97 Å². The molecule has 1 amide bonds. The fourth-order valence-corrected chi connectivity index (χ4v) is 3.76. The number of aryl methyl sites for hydroxylation is 2. The molecule has 3 aromatic rings. The van der Waals surface area contributed by atoms with Crippen LogP contribution < -0.4 is 19.9 Å². The second kappa shape index (κ2) is 9.68. The third kappa shape index (κ3) is 5.17. The van der Waals surface area contributed by atoms with Gasteiger partial charge >= 0.3 is 0 Å². The van der Waals surface area contributed by atoms with E-state index >= 15 is 0 Å². The Labute approximate surface area is 189 Å². The van der Waals surface area contributed by atoms with Gasteiger partial charge in [-0.2, -0.15) is 4.98 Å². The molecule has 0 radical (unpaired) electrons. The summed E-state index contributed by atoms with van der Waals surface area (Å²) in [4.78, 5) is 26.1. The van der Waals surface area contributed by atoms with Gasteiger partial charge in [-0.1, -0.05) is 30.3 Å². The van der Waals surface area contributed by atoms with Crippen molar-refractivity contribution >= 4 is 23.2 Å². The summed E-state index contributed by atoms with van der Waals surface area (Å²) >= 11 is 0. The van der Waals surface area contributed by atoms with E-state index in [1.54, 1.807) is 6.07 Å². The number of hydrogen-bond donors (Lipinski definition) is 1. The van der Waals surface area contributed by atoms with E-state index in [0.29, 0.717) is 11.8 Å². The number of nitrogens with one attached hydrogen (secondary N) is 1. The van der Waals surface area contributed by atoms with E-state index in [2.05, 4.69) is 49.4 Å². The van der Waals surface area contributed by atoms with Crippen LogP contribution in [0.4, 0.5) is 17.3 Å². The minimum Gasteiger partial charge on any atom is -0.467 e. The second-order valence-electron chi connectivity index (χ2n) is 8.04. The van der Waals surface area contributed by atoms with Gasteiger partial charge in [0.05, 0.1) is 0 Å². The first kappa shape index (κ1) is 21.6. The topological polar surface area (TPSA) is 70.6 Å². The number of nitrogens with zero attached hydrogens (tertiary/aromatic N) is 4. The molecular formula is C25H29N5O2. The standard InChI is InChI=1S/C25H29N5O2/c1-18-8-7-11-22(20(18)3)27-23(31)17-32-24-16-19(2)26-25(28-24)30-14-12-29(13-15-30)21-9-5-4-6-10-21/h4-11,16H,12-15,17H2,1-3H3,(H,27,31). The van der Waals surface area contributed by atoms with Crippen molar-refractivity contribution in [1.29, 1.82) is 0 Å². The molecule has 2 aromatic carbocycles. The van der Waals surface area contributed by atoms with Crippen LogP contribution in [0.15, 0.2) is 54.6 Å². The van der Waals surface area contributed by atoms with Gasteiger partial charge in [-0.25, -0.2) is 4.98 Å². The Kier molecular flexibility index (Phi) is 6.54. The average Bonchev–Trinajstić information content (AvgIpc) is 2.81. The van der Waals surface area contributed by atoms with Crippen molar-refractivity contribution in [3.8, 4) is 5.88 Å². The molecule has 0 saturated carbocycles. The third-order valence-electron chi connectivity index (χ3n) is 5.73. The van der Waals surface area contributed by atoms with Crippen LogP contribution in [0.1, 0.15) is 16.8 Å². The van der Waals surface area contributed by atoms with Crippen molar-refractivity contribution in [3.63, 3.8) is 0 Å². The molecule has 0 spiro atoms. The van der Waals surface area contributed by atoms with E-state index in [0.717, 1.165) is 48.7 Å². The molecule has 7 nitrogen and oxygen atoms in total. The Morgan fingerprint density at radius 2 is 1.66 bits per heavy atom. The lowest BCUT2D eigenvalue weighted by atomic mass is 10.1. The second-order valence-corrected chi connectivity index (χ2v) is 8.04. The molecule has 1 aromatic heterocycles. The zero-order valence-electron chi connectivity index (χ0n) is 18.8. The predicted molar refractivity (Wildman–Crippen MR) is 128 cm³/mol. The van der Waals surface area contributed by atoms with Crippen LogP contribution in [0.2, 0.25) is 0 Å². The predicted octanol–water partition coefficient (Wildman–Crippen LogP) is 3.75. The van der Waals surface area contributed by atoms with Crippen LogP contribution >= 0.6 is 0 Å². The Bertz CT molecular complexity index is 1080. The zero-order chi connectivity index (χ0) is 22.5. The highest BCUT2D eigenvalue weighted by Crippen LogP contribution is 2.21. The third-order valence-corrected chi connectivity index (χ3v) is 5.73. The molecule has 32 heavy (non-hydrogen) atoms. The van der Waals surface area contributed by atoms with Gasteiger partial charge in [0.2, 0.25) is 11.8 Å². The smallest absolute Gasteiger partial charge is 0.262 e. The van der Waals surface area contributed by atoms with Gasteiger partial charge < -0.3 is 19.9 Å². The summed E-state index contributed by atoms with van der Waals surface area (Å²) in [7, 11) is 0. The maximum absolute atomic E-state index is 12.4. The lowest BCUT2D eigenvalue weighted by molar-refractivity contribution is -0.118. The van der Waals surface area contributed by atoms with Crippen LogP contribution in [-0.2, 0) is 4.79 Å². The lowest BCUT2D eigenvalue weighted by Gasteiger charge is -2.36. The van der Waals surface area contributed by atoms with E-state index in [-0.39, 0.29) is 12.5 Å². The summed E-state index contributed by atoms with van der Waals surface area (Å²) in [6, 6.07) is 18.0. The fraction of sp³-hybridized carbons (Fsp3) is 0.320. The van der Waals surface area contributed by atoms with Crippen LogP contribution in [-0.4, -0.2) is 48.7 Å². The molecule has 1 saturated heterocycles. The minimum absolute atomic E-state index is 0.106. The number of benzene rings is 2. The maximum atomic E-state index is 12.4. The normalized spacial score (nSPS) is 13.7. The largest absolute Gasteiger partial charge is 0.467 e.